The molecule has 0 aliphatic rings. The summed E-state index contributed by atoms with van der Waals surface area (Å²) in [7, 11) is 0. The summed E-state index contributed by atoms with van der Waals surface area (Å²) in [5.74, 6) is -4.68. The number of hydrogen-bond donors (Lipinski definition) is 7. The summed E-state index contributed by atoms with van der Waals surface area (Å²) in [6.07, 6.45) is -0.579. The van der Waals surface area contributed by atoms with Crippen LogP contribution in [0.2, 0.25) is 0 Å². The standard InChI is InChI=1S/C21H31N5O7/c1-10(2)17(23)20(31)25-14(9-16(22)28)19(30)24-11(3)18(29)26-15(21(32)33)8-12-4-6-13(27)7-5-12/h4-7,10-11,14-15,17,27H,8-9,23H2,1-3H3,(H2,22,28)(H,24,30)(H,25,31)(H,26,29)(H,32,33). The first-order valence-corrected chi connectivity index (χ1v) is 10.3. The number of aromatic hydroxyl groups is 1. The van der Waals surface area contributed by atoms with Crippen LogP contribution < -0.4 is 27.4 Å². The van der Waals surface area contributed by atoms with E-state index in [0.29, 0.717) is 5.56 Å². The van der Waals surface area contributed by atoms with Gasteiger partial charge in [-0.25, -0.2) is 4.79 Å². The molecular formula is C21H31N5O7. The Kier molecular flexibility index (Phi) is 10.3. The Morgan fingerprint density at radius 3 is 1.91 bits per heavy atom. The van der Waals surface area contributed by atoms with Crippen LogP contribution >= 0.6 is 0 Å². The van der Waals surface area contributed by atoms with Gasteiger partial charge in [0.15, 0.2) is 0 Å². The maximum atomic E-state index is 12.6. The molecule has 0 aliphatic carbocycles. The summed E-state index contributed by atoms with van der Waals surface area (Å²) < 4.78 is 0. The largest absolute Gasteiger partial charge is 0.508 e. The highest BCUT2D eigenvalue weighted by Crippen LogP contribution is 2.11. The lowest BCUT2D eigenvalue weighted by Crippen LogP contribution is -2.57. The molecule has 0 bridgehead atoms. The molecule has 0 radical (unpaired) electrons. The highest BCUT2D eigenvalue weighted by molar-refractivity contribution is 5.96. The van der Waals surface area contributed by atoms with E-state index in [4.69, 9.17) is 11.5 Å². The molecule has 0 aromatic heterocycles. The number of carbonyl (C=O) groups is 5. The Hall–Kier alpha value is -3.67. The zero-order valence-electron chi connectivity index (χ0n) is 18.7. The van der Waals surface area contributed by atoms with E-state index in [1.165, 1.54) is 31.2 Å². The first-order chi connectivity index (χ1) is 15.3. The van der Waals surface area contributed by atoms with Gasteiger partial charge < -0.3 is 37.6 Å². The van der Waals surface area contributed by atoms with Crippen molar-refractivity contribution in [3.05, 3.63) is 29.8 Å². The third-order valence-corrected chi connectivity index (χ3v) is 4.80. The highest BCUT2D eigenvalue weighted by Gasteiger charge is 2.30. The molecule has 9 N–H and O–H groups in total. The topological polar surface area (TPSA) is 214 Å². The van der Waals surface area contributed by atoms with E-state index in [1.807, 2.05) is 0 Å². The minimum Gasteiger partial charge on any atom is -0.508 e. The Labute approximate surface area is 191 Å². The van der Waals surface area contributed by atoms with Gasteiger partial charge in [-0.3, -0.25) is 19.2 Å². The van der Waals surface area contributed by atoms with E-state index in [2.05, 4.69) is 16.0 Å². The second-order valence-electron chi connectivity index (χ2n) is 8.00. The molecule has 0 spiro atoms. The van der Waals surface area contributed by atoms with Crippen molar-refractivity contribution >= 4 is 29.6 Å². The molecule has 12 nitrogen and oxygen atoms in total. The SMILES string of the molecule is CC(NC(=O)C(CC(N)=O)NC(=O)C(N)C(C)C)C(=O)NC(Cc1ccc(O)cc1)C(=O)O. The van der Waals surface area contributed by atoms with Crippen LogP contribution in [0.5, 0.6) is 5.75 Å². The number of nitrogens with one attached hydrogen (secondary N) is 3. The zero-order chi connectivity index (χ0) is 25.3. The van der Waals surface area contributed by atoms with Crippen molar-refractivity contribution < 1.29 is 34.2 Å². The number of primary amides is 1. The summed E-state index contributed by atoms with van der Waals surface area (Å²) in [6.45, 7) is 4.73. The van der Waals surface area contributed by atoms with E-state index in [0.717, 1.165) is 0 Å². The second-order valence-corrected chi connectivity index (χ2v) is 8.00. The van der Waals surface area contributed by atoms with Crippen LogP contribution in [0, 0.1) is 5.92 Å². The first-order valence-electron chi connectivity index (χ1n) is 10.3. The van der Waals surface area contributed by atoms with Gasteiger partial charge in [-0.05, 0) is 30.5 Å². The highest BCUT2D eigenvalue weighted by atomic mass is 16.4. The molecule has 1 rings (SSSR count). The number of amides is 4. The average molecular weight is 466 g/mol. The normalized spacial score (nSPS) is 14.5. The smallest absolute Gasteiger partial charge is 0.326 e. The number of rotatable bonds is 12. The number of carbonyl (C=O) groups excluding carboxylic acids is 4. The van der Waals surface area contributed by atoms with Crippen molar-refractivity contribution in [1.82, 2.24) is 16.0 Å². The Balaban J connectivity index is 2.81. The molecule has 0 saturated heterocycles. The molecule has 12 heteroatoms. The van der Waals surface area contributed by atoms with Gasteiger partial charge in [-0.15, -0.1) is 0 Å². The summed E-state index contributed by atoms with van der Waals surface area (Å²) in [5.41, 5.74) is 11.5. The lowest BCUT2D eigenvalue weighted by Gasteiger charge is -2.23. The molecule has 4 amide bonds. The van der Waals surface area contributed by atoms with Crippen LogP contribution in [0.15, 0.2) is 24.3 Å². The minimum atomic E-state index is -1.36. The van der Waals surface area contributed by atoms with E-state index < -0.39 is 60.2 Å². The molecule has 0 aliphatic heterocycles. The predicted molar refractivity (Wildman–Crippen MR) is 118 cm³/mol. The number of aliphatic carboxylic acids is 1. The number of phenolic OH excluding ortho intramolecular Hbond substituents is 1. The first kappa shape index (κ1) is 27.4. The van der Waals surface area contributed by atoms with Crippen molar-refractivity contribution in [2.24, 2.45) is 17.4 Å². The Bertz CT molecular complexity index is 872. The van der Waals surface area contributed by atoms with Crippen LogP contribution in [0.1, 0.15) is 32.8 Å². The van der Waals surface area contributed by atoms with Crippen molar-refractivity contribution in [2.75, 3.05) is 0 Å². The summed E-state index contributed by atoms with van der Waals surface area (Å²) in [6, 6.07) is 1.03. The van der Waals surface area contributed by atoms with E-state index in [9.17, 15) is 34.2 Å². The molecule has 1 aromatic carbocycles. The quantitative estimate of drug-likeness (QED) is 0.189. The summed E-state index contributed by atoms with van der Waals surface area (Å²) >= 11 is 0. The van der Waals surface area contributed by atoms with Gasteiger partial charge in [0.2, 0.25) is 23.6 Å². The molecule has 1 aromatic rings. The summed E-state index contributed by atoms with van der Waals surface area (Å²) in [4.78, 5) is 60.1. The molecule has 4 unspecified atom stereocenters. The fourth-order valence-corrected chi connectivity index (χ4v) is 2.73. The van der Waals surface area contributed by atoms with Crippen LogP contribution in [0.4, 0.5) is 0 Å². The number of benzene rings is 1. The van der Waals surface area contributed by atoms with Crippen LogP contribution in [-0.2, 0) is 30.4 Å². The zero-order valence-corrected chi connectivity index (χ0v) is 18.7. The van der Waals surface area contributed by atoms with E-state index >= 15 is 0 Å². The second kappa shape index (κ2) is 12.4. The fraction of sp³-hybridized carbons (Fsp3) is 0.476. The van der Waals surface area contributed by atoms with Gasteiger partial charge in [-0.1, -0.05) is 26.0 Å². The Morgan fingerprint density at radius 2 is 1.42 bits per heavy atom. The third kappa shape index (κ3) is 9.15. The molecule has 0 fully saturated rings. The molecule has 182 valence electrons. The molecule has 4 atom stereocenters. The number of phenols is 1. The Morgan fingerprint density at radius 1 is 0.879 bits per heavy atom. The lowest BCUT2D eigenvalue weighted by atomic mass is 10.0. The van der Waals surface area contributed by atoms with Gasteiger partial charge >= 0.3 is 5.97 Å². The molecule has 0 heterocycles. The van der Waals surface area contributed by atoms with Gasteiger partial charge in [0.1, 0.15) is 23.9 Å². The van der Waals surface area contributed by atoms with Crippen molar-refractivity contribution in [3.63, 3.8) is 0 Å². The lowest BCUT2D eigenvalue weighted by molar-refractivity contribution is -0.142. The minimum absolute atomic E-state index is 0.0120. The van der Waals surface area contributed by atoms with Crippen molar-refractivity contribution in [3.8, 4) is 5.75 Å². The number of carboxylic acid groups (broad SMARTS) is 1. The molecule has 33 heavy (non-hydrogen) atoms. The molecule has 0 saturated carbocycles. The average Bonchev–Trinajstić information content (AvgIpc) is 2.72. The van der Waals surface area contributed by atoms with Crippen molar-refractivity contribution in [2.45, 2.75) is 57.8 Å². The van der Waals surface area contributed by atoms with Crippen LogP contribution in [0.25, 0.3) is 0 Å². The van der Waals surface area contributed by atoms with Crippen molar-refractivity contribution in [1.29, 1.82) is 0 Å². The maximum absolute atomic E-state index is 12.6. The predicted octanol–water partition coefficient (Wildman–Crippen LogP) is -1.65. The maximum Gasteiger partial charge on any atom is 0.326 e. The van der Waals surface area contributed by atoms with E-state index in [-0.39, 0.29) is 18.1 Å². The van der Waals surface area contributed by atoms with E-state index in [1.54, 1.807) is 13.8 Å². The monoisotopic (exact) mass is 465 g/mol. The molecular weight excluding hydrogens is 434 g/mol. The number of carboxylic acids is 1. The van der Waals surface area contributed by atoms with Gasteiger partial charge in [0, 0.05) is 6.42 Å². The van der Waals surface area contributed by atoms with Crippen LogP contribution in [0.3, 0.4) is 0 Å². The van der Waals surface area contributed by atoms with Gasteiger partial charge in [0.05, 0.1) is 12.5 Å². The number of hydrogen-bond acceptors (Lipinski definition) is 7. The fourth-order valence-electron chi connectivity index (χ4n) is 2.73. The third-order valence-electron chi connectivity index (χ3n) is 4.80. The number of nitrogens with two attached hydrogens (primary N) is 2. The van der Waals surface area contributed by atoms with Crippen LogP contribution in [-0.4, -0.2) is 64.0 Å². The van der Waals surface area contributed by atoms with Gasteiger partial charge in [-0.2, -0.15) is 0 Å². The summed E-state index contributed by atoms with van der Waals surface area (Å²) in [5, 5.41) is 25.8. The van der Waals surface area contributed by atoms with Gasteiger partial charge in [0.25, 0.3) is 0 Å².